The van der Waals surface area contributed by atoms with Crippen molar-refractivity contribution in [2.45, 2.75) is 96.7 Å². The van der Waals surface area contributed by atoms with Gasteiger partial charge < -0.3 is 51.8 Å². The van der Waals surface area contributed by atoms with Gasteiger partial charge in [0, 0.05) is 107 Å². The number of hydrogen-bond donors (Lipinski definition) is 0. The molecule has 13 rings (SSSR count). The monoisotopic (exact) mass is 1210 g/mol. The molecule has 22 heteroatoms. The van der Waals surface area contributed by atoms with Gasteiger partial charge in [0.15, 0.2) is 20.4 Å². The van der Waals surface area contributed by atoms with Crippen molar-refractivity contribution >= 4 is 103 Å². The maximum atomic E-state index is 12.0. The zero-order chi connectivity index (χ0) is 55.4. The van der Waals surface area contributed by atoms with Gasteiger partial charge in [-0.1, -0.05) is 24.4 Å². The van der Waals surface area contributed by atoms with E-state index in [1.54, 1.807) is 24.8 Å². The number of anilines is 3. The summed E-state index contributed by atoms with van der Waals surface area (Å²) < 4.78 is 43.6. The predicted molar refractivity (Wildman–Crippen MR) is 323 cm³/mol. The van der Waals surface area contributed by atoms with Gasteiger partial charge in [-0.25, -0.2) is 0 Å². The molecule has 0 N–H and O–H groups in total. The molecule has 7 aliphatic heterocycles. The van der Waals surface area contributed by atoms with Crippen molar-refractivity contribution < 1.29 is 46.7 Å². The second kappa shape index (κ2) is 25.0. The molecule has 3 atom stereocenters. The Morgan fingerprint density at radius 1 is 0.506 bits per heavy atom. The average Bonchev–Trinajstić information content (AvgIpc) is 4.37. The molecule has 6 aromatic rings. The number of carbonyl (C=O) groups is 2. The van der Waals surface area contributed by atoms with Crippen LogP contribution in [0.15, 0.2) is 96.3 Å². The standard InChI is InChI=1S/C17H22BNO3.C17H17N2O3P.C17H17N2O2PS.C6H7BrNO2P/c1-16(2)17(3,4)22-18(21-16)13-9-11-5-6-14(20)19-8-7-12(10-13)15(11)19;20-16-2-1-11-5-13(6-12-3-4-19(16)17(11)12)14-7-15(9-18-8-14)21-10-22-23;22-21-10-20-15-7-14(8-18-9-15)13-5-11-1-2-16(23)19-4-3-12(6-13)17(11)19;7-5-1-6(3-8-2-5)9-4-10-11/h9-10H,5-8H2,1-4H3;5-9H,1-4,10,23H2;5-9H,1-4,10,22H2;1-3H,4,11H2. The van der Waals surface area contributed by atoms with Crippen molar-refractivity contribution in [1.29, 1.82) is 0 Å². The van der Waals surface area contributed by atoms with E-state index in [2.05, 4.69) is 133 Å². The zero-order valence-electron chi connectivity index (χ0n) is 44.6. The highest BCUT2D eigenvalue weighted by Crippen LogP contribution is 2.43. The molecule has 3 aromatic heterocycles. The summed E-state index contributed by atoms with van der Waals surface area (Å²) in [5.74, 6) is 2.58. The predicted octanol–water partition coefficient (Wildman–Crippen LogP) is 10.1. The summed E-state index contributed by atoms with van der Waals surface area (Å²) >= 11 is 8.77. The summed E-state index contributed by atoms with van der Waals surface area (Å²) in [6.45, 7) is 11.5. The first-order valence-electron chi connectivity index (χ1n) is 26.2. The first-order chi connectivity index (χ1) is 38.1. The van der Waals surface area contributed by atoms with Crippen LogP contribution in [0, 0.1) is 0 Å². The van der Waals surface area contributed by atoms with Gasteiger partial charge >= 0.3 is 7.12 Å². The molecule has 0 radical (unpaired) electrons. The lowest BCUT2D eigenvalue weighted by Crippen LogP contribution is -2.41. The number of carbonyl (C=O) groups excluding carboxylic acids is 2. The van der Waals surface area contributed by atoms with E-state index in [0.717, 1.165) is 108 Å². The molecule has 3 unspecified atom stereocenters. The van der Waals surface area contributed by atoms with Crippen molar-refractivity contribution in [3.8, 4) is 39.5 Å². The summed E-state index contributed by atoms with van der Waals surface area (Å²) in [4.78, 5) is 43.7. The van der Waals surface area contributed by atoms with Gasteiger partial charge in [0.25, 0.3) is 0 Å². The zero-order valence-corrected chi connectivity index (χ0v) is 50.5. The van der Waals surface area contributed by atoms with Crippen LogP contribution in [-0.2, 0) is 71.0 Å². The Labute approximate surface area is 482 Å². The molecule has 2 amide bonds. The smallest absolute Gasteiger partial charge is 0.466 e. The third-order valence-corrected chi connectivity index (χ3v) is 16.6. The largest absolute Gasteiger partial charge is 0.494 e. The maximum Gasteiger partial charge on any atom is 0.494 e. The lowest BCUT2D eigenvalue weighted by Gasteiger charge is -2.32. The Hall–Kier alpha value is -5.03. The van der Waals surface area contributed by atoms with Gasteiger partial charge in [0.2, 0.25) is 11.8 Å². The second-order valence-electron chi connectivity index (χ2n) is 20.9. The Morgan fingerprint density at radius 2 is 0.886 bits per heavy atom. The maximum absolute atomic E-state index is 12.0. The number of benzene rings is 3. The fourth-order valence-electron chi connectivity index (χ4n) is 10.9. The summed E-state index contributed by atoms with van der Waals surface area (Å²) in [6, 6.07) is 19.0. The number of rotatable bonds is 12. The third kappa shape index (κ3) is 12.7. The normalized spacial score (nSPS) is 17.4. The quantitative estimate of drug-likeness (QED) is 0.0493. The number of aromatic nitrogens is 3. The Bertz CT molecular complexity index is 3140. The minimum Gasteiger partial charge on any atom is -0.466 e. The van der Waals surface area contributed by atoms with E-state index in [0.29, 0.717) is 30.1 Å². The molecule has 412 valence electrons. The van der Waals surface area contributed by atoms with Gasteiger partial charge in [0.1, 0.15) is 17.2 Å². The lowest BCUT2D eigenvalue weighted by atomic mass is 9.76. The van der Waals surface area contributed by atoms with Crippen LogP contribution in [-0.4, -0.2) is 90.1 Å². The molecule has 0 bridgehead atoms. The summed E-state index contributed by atoms with van der Waals surface area (Å²) in [5.41, 5.74) is 16.3. The molecule has 0 spiro atoms. The van der Waals surface area contributed by atoms with Crippen molar-refractivity contribution in [2.75, 3.05) is 54.7 Å². The van der Waals surface area contributed by atoms with Crippen LogP contribution in [0.3, 0.4) is 0 Å². The Balaban J connectivity index is 0.000000122. The molecule has 1 fully saturated rings. The summed E-state index contributed by atoms with van der Waals surface area (Å²) in [7, 11) is 6.12. The highest BCUT2D eigenvalue weighted by Gasteiger charge is 2.52. The van der Waals surface area contributed by atoms with Crippen molar-refractivity contribution in [3.63, 3.8) is 0 Å². The average molecular weight is 1210 g/mol. The summed E-state index contributed by atoms with van der Waals surface area (Å²) in [6.07, 6.45) is 18.1. The van der Waals surface area contributed by atoms with Gasteiger partial charge in [-0.15, -0.1) is 0 Å². The van der Waals surface area contributed by atoms with E-state index >= 15 is 0 Å². The number of halogens is 1. The lowest BCUT2D eigenvalue weighted by molar-refractivity contribution is -0.119. The molecule has 10 heterocycles. The second-order valence-corrected chi connectivity index (χ2v) is 23.3. The highest BCUT2D eigenvalue weighted by atomic mass is 79.9. The van der Waals surface area contributed by atoms with Crippen molar-refractivity contribution in [2.24, 2.45) is 0 Å². The first kappa shape index (κ1) is 57.2. The van der Waals surface area contributed by atoms with E-state index < -0.39 is 0 Å². The van der Waals surface area contributed by atoms with Crippen LogP contribution in [0.2, 0.25) is 0 Å². The number of hydrogen-bond acceptors (Lipinski definition) is 14. The number of ether oxygens (including phenoxy) is 3. The summed E-state index contributed by atoms with van der Waals surface area (Å²) in [5, 5.41) is 0. The number of nitrogens with zero attached hydrogens (tertiary/aromatic N) is 6. The van der Waals surface area contributed by atoms with Crippen molar-refractivity contribution in [3.05, 3.63) is 130 Å². The molecule has 7 aliphatic rings. The van der Waals surface area contributed by atoms with Gasteiger partial charge in [-0.3, -0.25) is 24.5 Å². The SMILES string of the molecule is CC1(C)OB(c2cc3c4c(c2)CCN4C(=O)CC3)OC1(C)C.O=C1CCc2cc(-c3cncc(OCOP)c3)cc3c2N1CC3.POCOc1cncc(-c2cc3c4c(c2)CCN4C(=S)CC3)c1.POCOc1cncc(Br)c1. The topological polar surface area (TPSA) is 156 Å². The van der Waals surface area contributed by atoms with Crippen LogP contribution in [0.25, 0.3) is 22.3 Å². The number of amides is 2. The molecule has 1 saturated heterocycles. The van der Waals surface area contributed by atoms with Gasteiger partial charge in [-0.05, 0) is 175 Å². The van der Waals surface area contributed by atoms with Crippen LogP contribution >= 0.6 is 56.5 Å². The molecule has 16 nitrogen and oxygen atoms in total. The van der Waals surface area contributed by atoms with Crippen LogP contribution in [0.4, 0.5) is 17.1 Å². The van der Waals surface area contributed by atoms with Gasteiger partial charge in [0.05, 0.1) is 46.2 Å². The molecular formula is C57H63BBrN6O10P3S. The minimum absolute atomic E-state index is 0.169. The Morgan fingerprint density at radius 3 is 1.34 bits per heavy atom. The number of pyridine rings is 3. The van der Waals surface area contributed by atoms with Crippen molar-refractivity contribution in [1.82, 2.24) is 15.0 Å². The highest BCUT2D eigenvalue weighted by molar-refractivity contribution is 9.10. The number of aryl methyl sites for hydroxylation is 3. The Kier molecular flexibility index (Phi) is 18.1. The number of thiocarbonyl (C=S) groups is 1. The van der Waals surface area contributed by atoms with E-state index in [-0.39, 0.29) is 50.5 Å². The van der Waals surface area contributed by atoms with E-state index in [9.17, 15) is 9.59 Å². The van der Waals surface area contributed by atoms with E-state index in [1.807, 2.05) is 40.4 Å². The first-order valence-corrected chi connectivity index (χ1v) is 28.8. The molecule has 0 aliphatic carbocycles. The minimum atomic E-state index is -0.323. The molecular weight excluding hydrogens is 1140 g/mol. The third-order valence-electron chi connectivity index (χ3n) is 15.4. The fourth-order valence-corrected chi connectivity index (χ4v) is 11.8. The fraction of sp³-hybridized carbons (Fsp3) is 0.368. The van der Waals surface area contributed by atoms with Crippen LogP contribution in [0.1, 0.15) is 80.3 Å². The van der Waals surface area contributed by atoms with Gasteiger partial charge in [-0.2, -0.15) is 0 Å². The molecule has 3 aromatic carbocycles. The van der Waals surface area contributed by atoms with E-state index in [4.69, 9.17) is 44.8 Å². The van der Waals surface area contributed by atoms with E-state index in [1.165, 1.54) is 44.6 Å². The molecule has 0 saturated carbocycles. The molecule has 79 heavy (non-hydrogen) atoms. The van der Waals surface area contributed by atoms with Crippen LogP contribution in [0.5, 0.6) is 17.2 Å². The van der Waals surface area contributed by atoms with Crippen LogP contribution < -0.4 is 34.4 Å².